The molecule has 0 nitrogen and oxygen atoms in total. The maximum Gasteiger partial charge on any atom is 0.00953 e. The molecule has 2 unspecified atom stereocenters. The van der Waals surface area contributed by atoms with Gasteiger partial charge >= 0.3 is 0 Å². The van der Waals surface area contributed by atoms with Gasteiger partial charge in [-0.3, -0.25) is 0 Å². The maximum absolute atomic E-state index is 2.51. The summed E-state index contributed by atoms with van der Waals surface area (Å²) in [7, 11) is 0. The Balaban J connectivity index is 1.71. The predicted molar refractivity (Wildman–Crippen MR) is 103 cm³/mol. The fourth-order valence-electron chi connectivity index (χ4n) is 4.37. The maximum atomic E-state index is 2.51. The largest absolute Gasteiger partial charge is 0.0808 e. The molecule has 0 amide bonds. The van der Waals surface area contributed by atoms with E-state index in [1.165, 1.54) is 59.9 Å². The second-order valence-corrected chi connectivity index (χ2v) is 7.18. The Kier molecular flexibility index (Phi) is 4.38. The first kappa shape index (κ1) is 15.4. The lowest BCUT2D eigenvalue weighted by atomic mass is 9.81. The van der Waals surface area contributed by atoms with Crippen molar-refractivity contribution in [1.29, 1.82) is 0 Å². The lowest BCUT2D eigenvalue weighted by molar-refractivity contribution is 0.575. The van der Waals surface area contributed by atoms with Crippen molar-refractivity contribution >= 4 is 0 Å². The first-order valence-electron chi connectivity index (χ1n) is 9.42. The molecule has 0 N–H and O–H groups in total. The van der Waals surface area contributed by atoms with Gasteiger partial charge in [-0.05, 0) is 59.4 Å². The standard InChI is InChI=1S/C24H26/c1-2-7-18-12-14-20(15-13-18)22-17-16-19-8-3-4-9-21(19)23-10-5-6-11-24(22)23/h3-6,8-12,14-15,18,22H,2,7,13,16-17H2,1H3. The van der Waals surface area contributed by atoms with Crippen LogP contribution in [0, 0.1) is 5.92 Å². The van der Waals surface area contributed by atoms with Crippen molar-refractivity contribution in [3.63, 3.8) is 0 Å². The topological polar surface area (TPSA) is 0 Å². The average Bonchev–Trinajstić information content (AvgIpc) is 2.80. The Morgan fingerprint density at radius 3 is 2.54 bits per heavy atom. The van der Waals surface area contributed by atoms with Crippen LogP contribution in [0.2, 0.25) is 0 Å². The molecule has 0 saturated carbocycles. The van der Waals surface area contributed by atoms with E-state index in [4.69, 9.17) is 0 Å². The zero-order valence-corrected chi connectivity index (χ0v) is 14.5. The Labute approximate surface area is 145 Å². The zero-order valence-electron chi connectivity index (χ0n) is 14.5. The molecule has 0 aromatic heterocycles. The molecule has 2 aromatic rings. The van der Waals surface area contributed by atoms with E-state index in [1.54, 1.807) is 0 Å². The molecule has 122 valence electrons. The molecule has 4 rings (SSSR count). The van der Waals surface area contributed by atoms with E-state index in [0.29, 0.717) is 5.92 Å². The van der Waals surface area contributed by atoms with Gasteiger partial charge in [-0.2, -0.15) is 0 Å². The van der Waals surface area contributed by atoms with E-state index < -0.39 is 0 Å². The zero-order chi connectivity index (χ0) is 16.4. The molecule has 0 aliphatic heterocycles. The molecule has 0 spiro atoms. The van der Waals surface area contributed by atoms with Gasteiger partial charge in [0.25, 0.3) is 0 Å². The monoisotopic (exact) mass is 314 g/mol. The molecular weight excluding hydrogens is 288 g/mol. The molecule has 0 heterocycles. The van der Waals surface area contributed by atoms with Gasteiger partial charge < -0.3 is 0 Å². The molecule has 2 aliphatic carbocycles. The summed E-state index contributed by atoms with van der Waals surface area (Å²) in [6.45, 7) is 2.28. The number of benzene rings is 2. The number of aryl methyl sites for hydroxylation is 1. The molecular formula is C24H26. The van der Waals surface area contributed by atoms with Gasteiger partial charge in [0.15, 0.2) is 0 Å². The van der Waals surface area contributed by atoms with E-state index in [-0.39, 0.29) is 0 Å². The van der Waals surface area contributed by atoms with Crippen LogP contribution in [-0.4, -0.2) is 0 Å². The summed E-state index contributed by atoms with van der Waals surface area (Å²) in [6.07, 6.45) is 13.6. The summed E-state index contributed by atoms with van der Waals surface area (Å²) in [5.41, 5.74) is 7.40. The third-order valence-electron chi connectivity index (χ3n) is 5.63. The molecule has 0 bridgehead atoms. The molecule has 0 fully saturated rings. The van der Waals surface area contributed by atoms with Crippen molar-refractivity contribution in [2.75, 3.05) is 0 Å². The van der Waals surface area contributed by atoms with Gasteiger partial charge in [-0.1, -0.05) is 80.1 Å². The van der Waals surface area contributed by atoms with Gasteiger partial charge in [-0.15, -0.1) is 0 Å². The van der Waals surface area contributed by atoms with E-state index >= 15 is 0 Å². The Morgan fingerprint density at radius 1 is 0.958 bits per heavy atom. The highest BCUT2D eigenvalue weighted by molar-refractivity contribution is 5.73. The number of hydrogen-bond donors (Lipinski definition) is 0. The highest BCUT2D eigenvalue weighted by Crippen LogP contribution is 2.42. The summed E-state index contributed by atoms with van der Waals surface area (Å²) >= 11 is 0. The van der Waals surface area contributed by atoms with Crippen LogP contribution in [-0.2, 0) is 6.42 Å². The summed E-state index contributed by atoms with van der Waals surface area (Å²) in [4.78, 5) is 0. The second-order valence-electron chi connectivity index (χ2n) is 7.18. The van der Waals surface area contributed by atoms with Crippen molar-refractivity contribution in [2.45, 2.75) is 44.9 Å². The molecule has 0 heteroatoms. The van der Waals surface area contributed by atoms with Gasteiger partial charge in [-0.25, -0.2) is 0 Å². The molecule has 2 aromatic carbocycles. The Morgan fingerprint density at radius 2 is 1.75 bits per heavy atom. The lowest BCUT2D eigenvalue weighted by Gasteiger charge is -2.23. The number of fused-ring (bicyclic) bond motifs is 3. The van der Waals surface area contributed by atoms with Crippen LogP contribution in [0.4, 0.5) is 0 Å². The van der Waals surface area contributed by atoms with E-state index in [1.807, 2.05) is 0 Å². The highest BCUT2D eigenvalue weighted by Gasteiger charge is 2.24. The van der Waals surface area contributed by atoms with Gasteiger partial charge in [0.05, 0.1) is 0 Å². The van der Waals surface area contributed by atoms with Crippen LogP contribution < -0.4 is 0 Å². The Bertz CT molecular complexity index is 778. The third kappa shape index (κ3) is 2.86. The Hall–Kier alpha value is -2.08. The smallest absolute Gasteiger partial charge is 0.00953 e. The molecule has 24 heavy (non-hydrogen) atoms. The normalized spacial score (nSPS) is 22.3. The SMILES string of the molecule is CCCC1C=CC(C2CCc3ccccc3-c3ccccc32)=CC1. The number of rotatable bonds is 3. The lowest BCUT2D eigenvalue weighted by Crippen LogP contribution is -2.07. The van der Waals surface area contributed by atoms with Gasteiger partial charge in [0.2, 0.25) is 0 Å². The quantitative estimate of drug-likeness (QED) is 0.592. The van der Waals surface area contributed by atoms with E-state index in [2.05, 4.69) is 73.7 Å². The molecule has 2 atom stereocenters. The van der Waals surface area contributed by atoms with E-state index in [0.717, 1.165) is 5.92 Å². The van der Waals surface area contributed by atoms with Crippen LogP contribution in [0.25, 0.3) is 11.1 Å². The first-order valence-corrected chi connectivity index (χ1v) is 9.42. The number of allylic oxidation sites excluding steroid dienone is 4. The first-order chi connectivity index (χ1) is 11.9. The summed E-state index contributed by atoms with van der Waals surface area (Å²) < 4.78 is 0. The fourth-order valence-corrected chi connectivity index (χ4v) is 4.37. The summed E-state index contributed by atoms with van der Waals surface area (Å²) in [6, 6.07) is 18.0. The summed E-state index contributed by atoms with van der Waals surface area (Å²) in [5.74, 6) is 1.28. The van der Waals surface area contributed by atoms with E-state index in [9.17, 15) is 0 Å². The van der Waals surface area contributed by atoms with Crippen LogP contribution >= 0.6 is 0 Å². The molecule has 0 saturated heterocycles. The van der Waals surface area contributed by atoms with Crippen molar-refractivity contribution < 1.29 is 0 Å². The van der Waals surface area contributed by atoms with Crippen molar-refractivity contribution in [3.8, 4) is 11.1 Å². The fraction of sp³-hybridized carbons (Fsp3) is 0.333. The minimum absolute atomic E-state index is 0.535. The second kappa shape index (κ2) is 6.81. The van der Waals surface area contributed by atoms with Crippen LogP contribution in [0.1, 0.15) is 49.7 Å². The van der Waals surface area contributed by atoms with Gasteiger partial charge in [0.1, 0.15) is 0 Å². The van der Waals surface area contributed by atoms with Crippen LogP contribution in [0.5, 0.6) is 0 Å². The minimum atomic E-state index is 0.535. The number of hydrogen-bond acceptors (Lipinski definition) is 0. The molecule has 2 aliphatic rings. The minimum Gasteiger partial charge on any atom is -0.0808 e. The van der Waals surface area contributed by atoms with Crippen molar-refractivity contribution in [1.82, 2.24) is 0 Å². The highest BCUT2D eigenvalue weighted by atomic mass is 14.3. The predicted octanol–water partition coefficient (Wildman–Crippen LogP) is 6.69. The van der Waals surface area contributed by atoms with Crippen molar-refractivity contribution in [3.05, 3.63) is 83.5 Å². The molecule has 0 radical (unpaired) electrons. The third-order valence-corrected chi connectivity index (χ3v) is 5.63. The van der Waals surface area contributed by atoms with Gasteiger partial charge in [0, 0.05) is 5.92 Å². The summed E-state index contributed by atoms with van der Waals surface area (Å²) in [5, 5.41) is 0. The average molecular weight is 314 g/mol. The van der Waals surface area contributed by atoms with Crippen LogP contribution in [0.3, 0.4) is 0 Å². The van der Waals surface area contributed by atoms with Crippen LogP contribution in [0.15, 0.2) is 72.3 Å². The van der Waals surface area contributed by atoms with Crippen molar-refractivity contribution in [2.24, 2.45) is 5.92 Å².